The molecular weight excluding hydrogens is 296 g/mol. The van der Waals surface area contributed by atoms with E-state index in [-0.39, 0.29) is 5.92 Å². The van der Waals surface area contributed by atoms with Gasteiger partial charge < -0.3 is 14.9 Å². The lowest BCUT2D eigenvalue weighted by Crippen LogP contribution is -2.36. The van der Waals surface area contributed by atoms with Crippen LogP contribution < -0.4 is 4.74 Å². The minimum absolute atomic E-state index is 0.270. The van der Waals surface area contributed by atoms with Gasteiger partial charge in [0.25, 0.3) is 0 Å². The van der Waals surface area contributed by atoms with Gasteiger partial charge in [0.15, 0.2) is 0 Å². The Morgan fingerprint density at radius 2 is 1.57 bits per heavy atom. The first-order valence-electron chi connectivity index (χ1n) is 7.66. The van der Waals surface area contributed by atoms with Crippen LogP contribution in [0.5, 0.6) is 5.75 Å². The second-order valence-electron chi connectivity index (χ2n) is 7.24. The fraction of sp³-hybridized carbons (Fsp3) is 0.556. The quantitative estimate of drug-likeness (QED) is 0.803. The Morgan fingerprint density at radius 3 is 2.00 bits per heavy atom. The van der Waals surface area contributed by atoms with Crippen molar-refractivity contribution < 1.29 is 24.5 Å². The highest BCUT2D eigenvalue weighted by atomic mass is 16.5. The number of aliphatic carboxylic acids is 2. The summed E-state index contributed by atoms with van der Waals surface area (Å²) in [5, 5.41) is 19.2. The van der Waals surface area contributed by atoms with Gasteiger partial charge in [0.1, 0.15) is 5.75 Å². The standard InChI is InChI=1S/C18H26O5/c1-11(2)10-23-13-9-7-8-12(17(3,4)15(19)20)14(13)18(5,6)16(21)22/h7-9,11H,10H2,1-6H3,(H,19,20)(H,21,22). The zero-order chi connectivity index (χ0) is 18.0. The fourth-order valence-electron chi connectivity index (χ4n) is 2.30. The zero-order valence-electron chi connectivity index (χ0n) is 14.6. The van der Waals surface area contributed by atoms with Gasteiger partial charge in [-0.2, -0.15) is 0 Å². The second-order valence-corrected chi connectivity index (χ2v) is 7.24. The van der Waals surface area contributed by atoms with E-state index in [2.05, 4.69) is 0 Å². The van der Waals surface area contributed by atoms with Crippen LogP contribution in [0.2, 0.25) is 0 Å². The molecule has 0 amide bonds. The van der Waals surface area contributed by atoms with Crippen molar-refractivity contribution in [3.05, 3.63) is 29.3 Å². The van der Waals surface area contributed by atoms with Crippen LogP contribution in [0.1, 0.15) is 52.7 Å². The predicted octanol–water partition coefficient (Wildman–Crippen LogP) is 3.45. The summed E-state index contributed by atoms with van der Waals surface area (Å²) < 4.78 is 5.79. The third-order valence-corrected chi connectivity index (χ3v) is 3.97. The molecule has 5 nitrogen and oxygen atoms in total. The molecule has 0 aliphatic heterocycles. The van der Waals surface area contributed by atoms with E-state index in [1.165, 1.54) is 0 Å². The van der Waals surface area contributed by atoms with E-state index in [0.29, 0.717) is 23.5 Å². The van der Waals surface area contributed by atoms with Crippen molar-refractivity contribution in [2.45, 2.75) is 52.4 Å². The van der Waals surface area contributed by atoms with E-state index < -0.39 is 22.8 Å². The third kappa shape index (κ3) is 3.84. The second kappa shape index (κ2) is 6.60. The number of hydrogen-bond acceptors (Lipinski definition) is 3. The van der Waals surface area contributed by atoms with Crippen molar-refractivity contribution in [2.75, 3.05) is 6.61 Å². The monoisotopic (exact) mass is 322 g/mol. The molecule has 0 spiro atoms. The number of carboxylic acids is 2. The summed E-state index contributed by atoms with van der Waals surface area (Å²) in [4.78, 5) is 23.4. The Bertz CT molecular complexity index is 599. The molecule has 1 aromatic rings. The van der Waals surface area contributed by atoms with Crippen LogP contribution in [0.15, 0.2) is 18.2 Å². The average Bonchev–Trinajstić information content (AvgIpc) is 2.44. The summed E-state index contributed by atoms with van der Waals surface area (Å²) in [6.45, 7) is 10.7. The van der Waals surface area contributed by atoms with Crippen molar-refractivity contribution in [3.63, 3.8) is 0 Å². The molecule has 0 radical (unpaired) electrons. The van der Waals surface area contributed by atoms with Crippen LogP contribution in [-0.4, -0.2) is 28.8 Å². The van der Waals surface area contributed by atoms with Gasteiger partial charge >= 0.3 is 11.9 Å². The number of benzene rings is 1. The summed E-state index contributed by atoms with van der Waals surface area (Å²) in [5.74, 6) is -1.34. The number of hydrogen-bond donors (Lipinski definition) is 2. The van der Waals surface area contributed by atoms with Crippen LogP contribution >= 0.6 is 0 Å². The smallest absolute Gasteiger partial charge is 0.313 e. The summed E-state index contributed by atoms with van der Waals surface area (Å²) in [6.07, 6.45) is 0. The Labute approximate surface area is 137 Å². The van der Waals surface area contributed by atoms with Gasteiger partial charge in [-0.15, -0.1) is 0 Å². The van der Waals surface area contributed by atoms with Crippen molar-refractivity contribution in [1.82, 2.24) is 0 Å². The Kier molecular flexibility index (Phi) is 5.46. The van der Waals surface area contributed by atoms with Crippen LogP contribution in [-0.2, 0) is 20.4 Å². The molecule has 23 heavy (non-hydrogen) atoms. The minimum atomic E-state index is -1.27. The third-order valence-electron chi connectivity index (χ3n) is 3.97. The van der Waals surface area contributed by atoms with E-state index >= 15 is 0 Å². The van der Waals surface area contributed by atoms with Crippen molar-refractivity contribution in [3.8, 4) is 5.75 Å². The molecule has 0 bridgehead atoms. The maximum Gasteiger partial charge on any atom is 0.313 e. The highest BCUT2D eigenvalue weighted by Crippen LogP contribution is 2.40. The summed E-state index contributed by atoms with van der Waals surface area (Å²) in [6, 6.07) is 5.07. The molecule has 0 saturated heterocycles. The number of rotatable bonds is 7. The molecule has 1 rings (SSSR count). The van der Waals surface area contributed by atoms with E-state index in [0.717, 1.165) is 0 Å². The lowest BCUT2D eigenvalue weighted by Gasteiger charge is -2.31. The van der Waals surface area contributed by atoms with Gasteiger partial charge in [-0.25, -0.2) is 0 Å². The SMILES string of the molecule is CC(C)COc1cccc(C(C)(C)C(=O)O)c1C(C)(C)C(=O)O. The molecule has 0 aliphatic rings. The van der Waals surface area contributed by atoms with E-state index in [1.807, 2.05) is 13.8 Å². The molecule has 0 unspecified atom stereocenters. The van der Waals surface area contributed by atoms with Crippen molar-refractivity contribution in [2.24, 2.45) is 5.92 Å². The first-order valence-corrected chi connectivity index (χ1v) is 7.66. The average molecular weight is 322 g/mol. The Hall–Kier alpha value is -2.04. The van der Waals surface area contributed by atoms with Gasteiger partial charge in [0.05, 0.1) is 17.4 Å². The van der Waals surface area contributed by atoms with Crippen LogP contribution in [0, 0.1) is 5.92 Å². The van der Waals surface area contributed by atoms with Gasteiger partial charge in [-0.05, 0) is 45.2 Å². The van der Waals surface area contributed by atoms with Gasteiger partial charge in [0.2, 0.25) is 0 Å². The molecule has 0 saturated carbocycles. The van der Waals surface area contributed by atoms with Crippen LogP contribution in [0.4, 0.5) is 0 Å². The molecule has 2 N–H and O–H groups in total. The molecule has 128 valence electrons. The van der Waals surface area contributed by atoms with Crippen molar-refractivity contribution >= 4 is 11.9 Å². The summed E-state index contributed by atoms with van der Waals surface area (Å²) in [5.41, 5.74) is -1.62. The maximum atomic E-state index is 11.8. The van der Waals surface area contributed by atoms with Crippen molar-refractivity contribution in [1.29, 1.82) is 0 Å². The normalized spacial score (nSPS) is 12.3. The maximum absolute atomic E-state index is 11.8. The number of carbonyl (C=O) groups is 2. The topological polar surface area (TPSA) is 83.8 Å². The molecule has 0 heterocycles. The van der Waals surface area contributed by atoms with Crippen LogP contribution in [0.25, 0.3) is 0 Å². The molecule has 0 atom stereocenters. The highest BCUT2D eigenvalue weighted by Gasteiger charge is 2.41. The molecule has 0 aliphatic carbocycles. The molecule has 1 aromatic carbocycles. The fourth-order valence-corrected chi connectivity index (χ4v) is 2.30. The van der Waals surface area contributed by atoms with Gasteiger partial charge in [-0.3, -0.25) is 9.59 Å². The zero-order valence-corrected chi connectivity index (χ0v) is 14.6. The van der Waals surface area contributed by atoms with Gasteiger partial charge in [-0.1, -0.05) is 26.0 Å². The summed E-state index contributed by atoms with van der Waals surface area (Å²) in [7, 11) is 0. The first-order chi connectivity index (χ1) is 10.4. The first kappa shape index (κ1) is 19.0. The molecule has 5 heteroatoms. The molecular formula is C18H26O5. The number of carboxylic acid groups (broad SMARTS) is 2. The minimum Gasteiger partial charge on any atom is -0.493 e. The Morgan fingerprint density at radius 1 is 1.04 bits per heavy atom. The van der Waals surface area contributed by atoms with E-state index in [1.54, 1.807) is 45.9 Å². The molecule has 0 aromatic heterocycles. The van der Waals surface area contributed by atoms with E-state index in [4.69, 9.17) is 4.74 Å². The number of ether oxygens (including phenoxy) is 1. The Balaban J connectivity index is 3.62. The lowest BCUT2D eigenvalue weighted by atomic mass is 9.73. The van der Waals surface area contributed by atoms with E-state index in [9.17, 15) is 19.8 Å². The highest BCUT2D eigenvalue weighted by molar-refractivity contribution is 5.86. The predicted molar refractivity (Wildman–Crippen MR) is 88.1 cm³/mol. The van der Waals surface area contributed by atoms with Gasteiger partial charge in [0, 0.05) is 5.56 Å². The van der Waals surface area contributed by atoms with Crippen LogP contribution in [0.3, 0.4) is 0 Å². The largest absolute Gasteiger partial charge is 0.493 e. The lowest BCUT2D eigenvalue weighted by molar-refractivity contribution is -0.144. The molecule has 0 fully saturated rings. The summed E-state index contributed by atoms with van der Waals surface area (Å²) >= 11 is 0.